The predicted molar refractivity (Wildman–Crippen MR) is 77.3 cm³/mol. The number of hydrogen-bond acceptors (Lipinski definition) is 3. The third-order valence-corrected chi connectivity index (χ3v) is 3.35. The molecule has 1 heterocycles. The van der Waals surface area contributed by atoms with E-state index in [2.05, 4.69) is 5.10 Å². The normalized spacial score (nSPS) is 10.4. The van der Waals surface area contributed by atoms with E-state index in [-0.39, 0.29) is 11.5 Å². The van der Waals surface area contributed by atoms with E-state index in [4.69, 9.17) is 5.11 Å². The van der Waals surface area contributed by atoms with Crippen LogP contribution in [0.1, 0.15) is 26.4 Å². The lowest BCUT2D eigenvalue weighted by Crippen LogP contribution is -2.30. The summed E-state index contributed by atoms with van der Waals surface area (Å²) in [5, 5.41) is 13.1. The van der Waals surface area contributed by atoms with Crippen LogP contribution in [-0.4, -0.2) is 45.3 Å². The van der Waals surface area contributed by atoms with Gasteiger partial charge < -0.3 is 10.0 Å². The van der Waals surface area contributed by atoms with Crippen LogP contribution in [0.5, 0.6) is 0 Å². The highest BCUT2D eigenvalue weighted by Crippen LogP contribution is 2.11. The summed E-state index contributed by atoms with van der Waals surface area (Å²) >= 11 is 0. The van der Waals surface area contributed by atoms with Crippen molar-refractivity contribution in [1.29, 1.82) is 0 Å². The highest BCUT2D eigenvalue weighted by atomic mass is 16.4. The van der Waals surface area contributed by atoms with Crippen molar-refractivity contribution in [2.75, 3.05) is 13.6 Å². The van der Waals surface area contributed by atoms with Gasteiger partial charge in [-0.2, -0.15) is 5.10 Å². The fourth-order valence-corrected chi connectivity index (χ4v) is 2.12. The largest absolute Gasteiger partial charge is 0.478 e. The molecule has 2 aromatic rings. The molecule has 0 radical (unpaired) electrons. The van der Waals surface area contributed by atoms with Gasteiger partial charge in [-0.05, 0) is 24.1 Å². The Kier molecular flexibility index (Phi) is 4.37. The lowest BCUT2D eigenvalue weighted by atomic mass is 10.0. The summed E-state index contributed by atoms with van der Waals surface area (Å²) in [4.78, 5) is 24.9. The zero-order valence-electron chi connectivity index (χ0n) is 12.0. The van der Waals surface area contributed by atoms with Gasteiger partial charge in [0.25, 0.3) is 5.91 Å². The van der Waals surface area contributed by atoms with E-state index >= 15 is 0 Å². The number of rotatable bonds is 5. The maximum absolute atomic E-state index is 12.2. The minimum Gasteiger partial charge on any atom is -0.478 e. The molecule has 6 nitrogen and oxygen atoms in total. The average molecular weight is 287 g/mol. The first kappa shape index (κ1) is 14.8. The molecule has 1 amide bonds. The Morgan fingerprint density at radius 2 is 2.00 bits per heavy atom. The number of carbonyl (C=O) groups excluding carboxylic acids is 1. The fraction of sp³-hybridized carbons (Fsp3) is 0.267. The smallest absolute Gasteiger partial charge is 0.335 e. The van der Waals surface area contributed by atoms with Crippen LogP contribution >= 0.6 is 0 Å². The van der Waals surface area contributed by atoms with E-state index < -0.39 is 5.97 Å². The van der Waals surface area contributed by atoms with Gasteiger partial charge >= 0.3 is 5.97 Å². The number of carboxylic acids is 1. The Morgan fingerprint density at radius 1 is 1.29 bits per heavy atom. The van der Waals surface area contributed by atoms with Gasteiger partial charge in [-0.15, -0.1) is 0 Å². The lowest BCUT2D eigenvalue weighted by molar-refractivity contribution is 0.0695. The second-order valence-electron chi connectivity index (χ2n) is 4.78. The number of likely N-dealkylation sites (N-methyl/N-ethyl adjacent to an activating group) is 1. The summed E-state index contributed by atoms with van der Waals surface area (Å²) in [6.07, 6.45) is 2.06. The number of benzene rings is 1. The van der Waals surface area contributed by atoms with Gasteiger partial charge in [-0.3, -0.25) is 9.48 Å². The highest BCUT2D eigenvalue weighted by molar-refractivity contribution is 5.92. The summed E-state index contributed by atoms with van der Waals surface area (Å²) in [5.41, 5.74) is 1.50. The third-order valence-electron chi connectivity index (χ3n) is 3.35. The van der Waals surface area contributed by atoms with Crippen LogP contribution in [0.4, 0.5) is 0 Å². The number of aromatic carboxylic acids is 1. The molecule has 0 aliphatic heterocycles. The molecule has 0 saturated heterocycles. The van der Waals surface area contributed by atoms with Gasteiger partial charge in [0, 0.05) is 26.8 Å². The molecular formula is C15H17N3O3. The first-order chi connectivity index (χ1) is 10.0. The van der Waals surface area contributed by atoms with Gasteiger partial charge in [0.15, 0.2) is 0 Å². The van der Waals surface area contributed by atoms with E-state index in [9.17, 15) is 9.59 Å². The maximum Gasteiger partial charge on any atom is 0.335 e. The summed E-state index contributed by atoms with van der Waals surface area (Å²) < 4.78 is 1.52. The van der Waals surface area contributed by atoms with Crippen molar-refractivity contribution >= 4 is 11.9 Å². The minimum absolute atomic E-state index is 0.136. The van der Waals surface area contributed by atoms with Crippen LogP contribution in [0, 0.1) is 0 Å². The maximum atomic E-state index is 12.2. The van der Waals surface area contributed by atoms with Gasteiger partial charge in [-0.1, -0.05) is 18.2 Å². The topological polar surface area (TPSA) is 75.4 Å². The quantitative estimate of drug-likeness (QED) is 0.902. The molecule has 0 aliphatic carbocycles. The summed E-state index contributed by atoms with van der Waals surface area (Å²) in [5.74, 6) is -1.09. The summed E-state index contributed by atoms with van der Waals surface area (Å²) in [6.45, 7) is 0.439. The number of hydrogen-bond donors (Lipinski definition) is 1. The van der Waals surface area contributed by atoms with Gasteiger partial charge in [0.1, 0.15) is 5.69 Å². The van der Waals surface area contributed by atoms with Crippen LogP contribution in [0.3, 0.4) is 0 Å². The summed E-state index contributed by atoms with van der Waals surface area (Å²) in [7, 11) is 3.40. The number of carboxylic acid groups (broad SMARTS) is 1. The number of aryl methyl sites for hydroxylation is 1. The molecule has 21 heavy (non-hydrogen) atoms. The van der Waals surface area contributed by atoms with Crippen LogP contribution < -0.4 is 0 Å². The minimum atomic E-state index is -0.953. The average Bonchev–Trinajstić information content (AvgIpc) is 2.90. The van der Waals surface area contributed by atoms with Crippen molar-refractivity contribution in [3.8, 4) is 0 Å². The number of nitrogens with zero attached hydrogens (tertiary/aromatic N) is 3. The lowest BCUT2D eigenvalue weighted by Gasteiger charge is -2.17. The van der Waals surface area contributed by atoms with Gasteiger partial charge in [-0.25, -0.2) is 4.79 Å². The molecule has 6 heteroatoms. The molecular weight excluding hydrogens is 270 g/mol. The first-order valence-corrected chi connectivity index (χ1v) is 6.55. The Bertz CT molecular complexity index is 664. The Hall–Kier alpha value is -2.63. The SMILES string of the molecule is CN(CCc1ccccc1C(=O)O)C(=O)c1ccnn1C. The fourth-order valence-electron chi connectivity index (χ4n) is 2.12. The Balaban J connectivity index is 2.05. The number of carbonyl (C=O) groups is 2. The van der Waals surface area contributed by atoms with E-state index in [0.717, 1.165) is 5.56 Å². The second kappa shape index (κ2) is 6.21. The van der Waals surface area contributed by atoms with Gasteiger partial charge in [0.05, 0.1) is 5.56 Å². The van der Waals surface area contributed by atoms with Crippen LogP contribution in [0.2, 0.25) is 0 Å². The van der Waals surface area contributed by atoms with E-state index in [1.807, 2.05) is 0 Å². The molecule has 0 unspecified atom stereocenters. The van der Waals surface area contributed by atoms with Crippen molar-refractivity contribution in [1.82, 2.24) is 14.7 Å². The molecule has 2 rings (SSSR count). The van der Waals surface area contributed by atoms with E-state index in [0.29, 0.717) is 18.7 Å². The molecule has 0 aliphatic rings. The Labute approximate surface area is 122 Å². The molecule has 0 bridgehead atoms. The van der Waals surface area contributed by atoms with Crippen molar-refractivity contribution < 1.29 is 14.7 Å². The van der Waals surface area contributed by atoms with Crippen molar-refractivity contribution in [2.45, 2.75) is 6.42 Å². The zero-order chi connectivity index (χ0) is 15.4. The molecule has 0 saturated carbocycles. The van der Waals surface area contributed by atoms with E-state index in [1.54, 1.807) is 55.5 Å². The third kappa shape index (κ3) is 3.28. The molecule has 1 aromatic carbocycles. The van der Waals surface area contributed by atoms with Crippen LogP contribution in [0.25, 0.3) is 0 Å². The number of amides is 1. The number of aromatic nitrogens is 2. The monoisotopic (exact) mass is 287 g/mol. The molecule has 0 atom stereocenters. The molecule has 0 spiro atoms. The van der Waals surface area contributed by atoms with Gasteiger partial charge in [0.2, 0.25) is 0 Å². The first-order valence-electron chi connectivity index (χ1n) is 6.55. The van der Waals surface area contributed by atoms with Crippen molar-refractivity contribution in [3.63, 3.8) is 0 Å². The van der Waals surface area contributed by atoms with Crippen molar-refractivity contribution in [2.24, 2.45) is 7.05 Å². The molecule has 0 fully saturated rings. The van der Waals surface area contributed by atoms with Crippen LogP contribution in [0.15, 0.2) is 36.5 Å². The van der Waals surface area contributed by atoms with Crippen molar-refractivity contribution in [3.05, 3.63) is 53.3 Å². The highest BCUT2D eigenvalue weighted by Gasteiger charge is 2.16. The molecule has 1 N–H and O–H groups in total. The standard InChI is InChI=1S/C15H17N3O3/c1-17(14(19)13-7-9-16-18(13)2)10-8-11-5-3-4-6-12(11)15(20)21/h3-7,9H,8,10H2,1-2H3,(H,20,21). The van der Waals surface area contributed by atoms with Crippen LogP contribution in [-0.2, 0) is 13.5 Å². The molecule has 110 valence electrons. The van der Waals surface area contributed by atoms with E-state index in [1.165, 1.54) is 4.68 Å². The summed E-state index contributed by atoms with van der Waals surface area (Å²) in [6, 6.07) is 8.48. The zero-order valence-corrected chi connectivity index (χ0v) is 12.0. The Morgan fingerprint density at radius 3 is 2.62 bits per heavy atom. The predicted octanol–water partition coefficient (Wildman–Crippen LogP) is 1.43. The molecule has 1 aromatic heterocycles. The second-order valence-corrected chi connectivity index (χ2v) is 4.78.